The van der Waals surface area contributed by atoms with E-state index in [0.29, 0.717) is 12.0 Å². The first kappa shape index (κ1) is 15.7. The first-order valence-electron chi connectivity index (χ1n) is 8.13. The summed E-state index contributed by atoms with van der Waals surface area (Å²) in [6.45, 7) is 6.66. The molecular formula is C18H23N3O2. The highest BCUT2D eigenvalue weighted by molar-refractivity contribution is 5.96. The third-order valence-corrected chi connectivity index (χ3v) is 4.53. The molecule has 1 aliphatic rings. The van der Waals surface area contributed by atoms with Crippen LogP contribution in [0, 0.1) is 13.8 Å². The van der Waals surface area contributed by atoms with Crippen molar-refractivity contribution < 1.29 is 9.90 Å². The number of rotatable bonds is 4. The lowest BCUT2D eigenvalue weighted by Gasteiger charge is -2.18. The van der Waals surface area contributed by atoms with Crippen LogP contribution < -0.4 is 5.32 Å². The normalized spacial score (nSPS) is 19.7. The number of benzene rings is 1. The average Bonchev–Trinajstić information content (AvgIpc) is 2.97. The van der Waals surface area contributed by atoms with E-state index in [9.17, 15) is 9.90 Å². The molecule has 2 aromatic rings. The van der Waals surface area contributed by atoms with Gasteiger partial charge in [-0.05, 0) is 31.4 Å². The van der Waals surface area contributed by atoms with Gasteiger partial charge in [-0.25, -0.2) is 0 Å². The molecule has 5 heteroatoms. The minimum Gasteiger partial charge on any atom is -0.390 e. The third kappa shape index (κ3) is 2.77. The molecule has 0 fully saturated rings. The Morgan fingerprint density at radius 3 is 2.87 bits per heavy atom. The fourth-order valence-corrected chi connectivity index (χ4v) is 3.42. The van der Waals surface area contributed by atoms with Gasteiger partial charge in [0.2, 0.25) is 0 Å². The lowest BCUT2D eigenvalue weighted by molar-refractivity contribution is 0.0857. The molecule has 0 aliphatic heterocycles. The second-order valence-electron chi connectivity index (χ2n) is 6.19. The quantitative estimate of drug-likeness (QED) is 0.910. The van der Waals surface area contributed by atoms with Crippen LogP contribution in [0.3, 0.4) is 0 Å². The van der Waals surface area contributed by atoms with Gasteiger partial charge in [-0.3, -0.25) is 9.48 Å². The molecule has 23 heavy (non-hydrogen) atoms. The molecule has 0 bridgehead atoms. The summed E-state index contributed by atoms with van der Waals surface area (Å²) in [4.78, 5) is 12.7. The van der Waals surface area contributed by atoms with Crippen LogP contribution in [-0.2, 0) is 13.0 Å². The summed E-state index contributed by atoms with van der Waals surface area (Å²) in [5.74, 6) is -0.164. The zero-order valence-electron chi connectivity index (χ0n) is 13.8. The number of aromatic nitrogens is 2. The molecule has 122 valence electrons. The van der Waals surface area contributed by atoms with Crippen molar-refractivity contribution in [3.63, 3.8) is 0 Å². The molecule has 0 spiro atoms. The van der Waals surface area contributed by atoms with E-state index in [-0.39, 0.29) is 11.9 Å². The van der Waals surface area contributed by atoms with Crippen LogP contribution in [0.15, 0.2) is 24.3 Å². The van der Waals surface area contributed by atoms with E-state index in [2.05, 4.69) is 17.3 Å². The molecule has 3 rings (SSSR count). The number of aliphatic hydroxyl groups is 1. The fourth-order valence-electron chi connectivity index (χ4n) is 3.42. The Morgan fingerprint density at radius 1 is 1.39 bits per heavy atom. The van der Waals surface area contributed by atoms with Gasteiger partial charge in [-0.1, -0.05) is 31.2 Å². The maximum Gasteiger partial charge on any atom is 0.255 e. The van der Waals surface area contributed by atoms with Gasteiger partial charge in [-0.15, -0.1) is 0 Å². The zero-order chi connectivity index (χ0) is 16.6. The number of hydrogen-bond donors (Lipinski definition) is 2. The van der Waals surface area contributed by atoms with Crippen molar-refractivity contribution in [3.05, 3.63) is 52.3 Å². The Hall–Kier alpha value is -2.14. The maximum absolute atomic E-state index is 12.7. The first-order chi connectivity index (χ1) is 11.0. The fraction of sp³-hybridized carbons (Fsp3) is 0.444. The van der Waals surface area contributed by atoms with E-state index in [4.69, 9.17) is 0 Å². The first-order valence-corrected chi connectivity index (χ1v) is 8.13. The number of aryl methyl sites for hydroxylation is 2. The molecule has 5 nitrogen and oxygen atoms in total. The molecule has 1 heterocycles. The average molecular weight is 313 g/mol. The van der Waals surface area contributed by atoms with E-state index in [1.807, 2.05) is 42.8 Å². The molecule has 2 N–H and O–H groups in total. The number of hydrogen-bond acceptors (Lipinski definition) is 3. The van der Waals surface area contributed by atoms with E-state index in [1.54, 1.807) is 0 Å². The van der Waals surface area contributed by atoms with Gasteiger partial charge < -0.3 is 10.4 Å². The van der Waals surface area contributed by atoms with Crippen LogP contribution in [0.4, 0.5) is 0 Å². The highest BCUT2D eigenvalue weighted by Gasteiger charge is 2.33. The molecule has 1 amide bonds. The lowest BCUT2D eigenvalue weighted by Crippen LogP contribution is -2.34. The Morgan fingerprint density at radius 2 is 2.13 bits per heavy atom. The Kier molecular flexibility index (Phi) is 4.22. The second-order valence-corrected chi connectivity index (χ2v) is 6.19. The summed E-state index contributed by atoms with van der Waals surface area (Å²) >= 11 is 0. The van der Waals surface area contributed by atoms with Gasteiger partial charge in [0.05, 0.1) is 23.4 Å². The summed E-state index contributed by atoms with van der Waals surface area (Å²) in [5.41, 5.74) is 4.33. The minimum atomic E-state index is -0.581. The standard InChI is InChI=1S/C18H23N3O2/c1-4-9-21-12(3)16(11(2)20-21)18(23)19-17-14-8-6-5-7-13(14)10-15(17)22/h5-8,15,17,22H,4,9-10H2,1-3H3,(H,19,23)/t15-,17-/m1/s1. The smallest absolute Gasteiger partial charge is 0.255 e. The molecule has 0 saturated heterocycles. The van der Waals surface area contributed by atoms with Crippen molar-refractivity contribution in [2.75, 3.05) is 0 Å². The zero-order valence-corrected chi connectivity index (χ0v) is 13.8. The number of fused-ring (bicyclic) bond motifs is 1. The summed E-state index contributed by atoms with van der Waals surface area (Å²) in [6.07, 6.45) is 0.967. The van der Waals surface area contributed by atoms with Gasteiger partial charge in [0, 0.05) is 18.7 Å². The van der Waals surface area contributed by atoms with Crippen LogP contribution >= 0.6 is 0 Å². The van der Waals surface area contributed by atoms with Gasteiger partial charge in [0.15, 0.2) is 0 Å². The van der Waals surface area contributed by atoms with E-state index in [1.165, 1.54) is 0 Å². The summed E-state index contributed by atoms with van der Waals surface area (Å²) in [5, 5.41) is 17.7. The molecular weight excluding hydrogens is 290 g/mol. The highest BCUT2D eigenvalue weighted by atomic mass is 16.3. The van der Waals surface area contributed by atoms with Gasteiger partial charge >= 0.3 is 0 Å². The lowest BCUT2D eigenvalue weighted by atomic mass is 10.1. The molecule has 1 aromatic carbocycles. The molecule has 0 radical (unpaired) electrons. The van der Waals surface area contributed by atoms with Crippen LogP contribution in [-0.4, -0.2) is 26.9 Å². The maximum atomic E-state index is 12.7. The Labute approximate surface area is 136 Å². The van der Waals surface area contributed by atoms with Crippen molar-refractivity contribution in [2.45, 2.75) is 52.3 Å². The minimum absolute atomic E-state index is 0.164. The van der Waals surface area contributed by atoms with E-state index in [0.717, 1.165) is 35.5 Å². The third-order valence-electron chi connectivity index (χ3n) is 4.53. The number of aliphatic hydroxyl groups excluding tert-OH is 1. The molecule has 0 unspecified atom stereocenters. The van der Waals surface area contributed by atoms with Gasteiger partial charge in [0.1, 0.15) is 0 Å². The predicted molar refractivity (Wildman–Crippen MR) is 88.4 cm³/mol. The van der Waals surface area contributed by atoms with Crippen molar-refractivity contribution in [2.24, 2.45) is 0 Å². The highest BCUT2D eigenvalue weighted by Crippen LogP contribution is 2.31. The molecule has 0 saturated carbocycles. The number of carbonyl (C=O) groups is 1. The van der Waals surface area contributed by atoms with E-state index < -0.39 is 6.10 Å². The van der Waals surface area contributed by atoms with Crippen LogP contribution in [0.25, 0.3) is 0 Å². The Balaban J connectivity index is 1.86. The summed E-state index contributed by atoms with van der Waals surface area (Å²) < 4.78 is 1.88. The second kappa shape index (κ2) is 6.16. The Bertz CT molecular complexity index is 736. The number of amides is 1. The van der Waals surface area contributed by atoms with Crippen molar-refractivity contribution in [1.29, 1.82) is 0 Å². The topological polar surface area (TPSA) is 67.2 Å². The van der Waals surface area contributed by atoms with Gasteiger partial charge in [-0.2, -0.15) is 5.10 Å². The number of nitrogens with one attached hydrogen (secondary N) is 1. The van der Waals surface area contributed by atoms with Crippen molar-refractivity contribution >= 4 is 5.91 Å². The number of carbonyl (C=O) groups excluding carboxylic acids is 1. The van der Waals surface area contributed by atoms with Gasteiger partial charge in [0.25, 0.3) is 5.91 Å². The SMILES string of the molecule is CCCn1nc(C)c(C(=O)N[C@@H]2c3ccccc3C[C@H]2O)c1C. The molecule has 1 aromatic heterocycles. The van der Waals surface area contributed by atoms with Crippen molar-refractivity contribution in [3.8, 4) is 0 Å². The largest absolute Gasteiger partial charge is 0.390 e. The van der Waals surface area contributed by atoms with Crippen LogP contribution in [0.1, 0.15) is 52.3 Å². The molecule has 1 aliphatic carbocycles. The summed E-state index contributed by atoms with van der Waals surface area (Å²) in [6, 6.07) is 7.51. The van der Waals surface area contributed by atoms with Crippen molar-refractivity contribution in [1.82, 2.24) is 15.1 Å². The van der Waals surface area contributed by atoms with Crippen LogP contribution in [0.2, 0.25) is 0 Å². The summed E-state index contributed by atoms with van der Waals surface area (Å²) in [7, 11) is 0. The van der Waals surface area contributed by atoms with Crippen LogP contribution in [0.5, 0.6) is 0 Å². The van der Waals surface area contributed by atoms with E-state index >= 15 is 0 Å². The number of nitrogens with zero attached hydrogens (tertiary/aromatic N) is 2. The predicted octanol–water partition coefficient (Wildman–Crippen LogP) is 2.30. The molecule has 2 atom stereocenters. The monoisotopic (exact) mass is 313 g/mol.